The van der Waals surface area contributed by atoms with Crippen molar-refractivity contribution in [2.45, 2.75) is 137 Å². The van der Waals surface area contributed by atoms with Crippen molar-refractivity contribution in [2.24, 2.45) is 40.4 Å². The summed E-state index contributed by atoms with van der Waals surface area (Å²) in [5, 5.41) is 0.266. The SMILES string of the molecule is CC(C)=CCC[C@@H](C)C1C(=O)C[C@H]2[C@@H]3CC=C4C[C@@H](O[Si](C)(C)C(C)(C)C)CCC4(C)[C@H]3CC[C@]12C. The van der Waals surface area contributed by atoms with Crippen molar-refractivity contribution in [2.75, 3.05) is 0 Å². The number of hydrogen-bond donors (Lipinski definition) is 0. The quantitative estimate of drug-likeness (QED) is 0.261. The normalized spacial score (nSPS) is 39.6. The van der Waals surface area contributed by atoms with Gasteiger partial charge in [-0.2, -0.15) is 0 Å². The van der Waals surface area contributed by atoms with Gasteiger partial charge in [-0.05, 0) is 118 Å². The zero-order chi connectivity index (χ0) is 26.7. The van der Waals surface area contributed by atoms with E-state index in [1.807, 2.05) is 0 Å². The van der Waals surface area contributed by atoms with Crippen LogP contribution in [0.15, 0.2) is 23.3 Å². The largest absolute Gasteiger partial charge is 0.414 e. The number of carbonyl (C=O) groups is 1. The molecule has 0 bridgehead atoms. The van der Waals surface area contributed by atoms with Gasteiger partial charge < -0.3 is 4.43 Å². The van der Waals surface area contributed by atoms with Crippen molar-refractivity contribution < 1.29 is 9.22 Å². The Bertz CT molecular complexity index is 903. The number of Topliss-reactive ketones (excluding diaryl/α,β-unsaturated/α-hetero) is 1. The molecule has 3 saturated carbocycles. The molecule has 0 spiro atoms. The van der Waals surface area contributed by atoms with Crippen LogP contribution < -0.4 is 0 Å². The average Bonchev–Trinajstić information content (AvgIpc) is 3.02. The third kappa shape index (κ3) is 4.90. The number of allylic oxidation sites excluding steroid dienone is 3. The molecule has 0 saturated heterocycles. The van der Waals surface area contributed by atoms with Crippen LogP contribution in [0, 0.1) is 40.4 Å². The number of hydrogen-bond acceptors (Lipinski definition) is 2. The standard InChI is InChI=1S/C33H56O2Si/c1-22(2)12-11-13-23(3)30-29(34)21-28-26-15-14-24-20-25(35-36(9,10)31(4,5)6)16-18-32(24,7)27(26)17-19-33(28,30)8/h12,14,23,25-28,30H,11,13,15-21H2,1-10H3/t23-,25+,26-,27+,28+,30?,32?,33+/m1/s1. The van der Waals surface area contributed by atoms with E-state index in [2.05, 4.69) is 80.6 Å². The number of ketones is 1. The number of carbonyl (C=O) groups excluding carboxylic acids is 1. The first-order valence-corrected chi connectivity index (χ1v) is 18.0. The van der Waals surface area contributed by atoms with Crippen LogP contribution in [0.5, 0.6) is 0 Å². The van der Waals surface area contributed by atoms with Crippen LogP contribution in [0.3, 0.4) is 0 Å². The van der Waals surface area contributed by atoms with Crippen LogP contribution in [-0.2, 0) is 9.22 Å². The molecule has 4 aliphatic rings. The molecule has 36 heavy (non-hydrogen) atoms. The van der Waals surface area contributed by atoms with Gasteiger partial charge in [0.15, 0.2) is 8.32 Å². The Balaban J connectivity index is 1.50. The Morgan fingerprint density at radius 1 is 1.14 bits per heavy atom. The predicted molar refractivity (Wildman–Crippen MR) is 155 cm³/mol. The molecule has 2 unspecified atom stereocenters. The fraction of sp³-hybridized carbons (Fsp3) is 0.848. The number of rotatable bonds is 6. The summed E-state index contributed by atoms with van der Waals surface area (Å²) in [6, 6.07) is 0. The molecule has 2 nitrogen and oxygen atoms in total. The van der Waals surface area contributed by atoms with E-state index in [9.17, 15) is 4.79 Å². The van der Waals surface area contributed by atoms with Crippen LogP contribution >= 0.6 is 0 Å². The predicted octanol–water partition coefficient (Wildman–Crippen LogP) is 9.52. The van der Waals surface area contributed by atoms with Crippen LogP contribution in [0.25, 0.3) is 0 Å². The molecule has 0 aromatic carbocycles. The van der Waals surface area contributed by atoms with E-state index in [0.29, 0.717) is 35.1 Å². The molecular formula is C33H56O2Si. The first kappa shape index (κ1) is 28.3. The minimum atomic E-state index is -1.75. The lowest BCUT2D eigenvalue weighted by Crippen LogP contribution is -2.52. The van der Waals surface area contributed by atoms with E-state index >= 15 is 0 Å². The monoisotopic (exact) mass is 512 g/mol. The third-order valence-corrected chi connectivity index (χ3v) is 16.5. The second kappa shape index (κ2) is 9.81. The zero-order valence-electron chi connectivity index (χ0n) is 25.3. The van der Waals surface area contributed by atoms with Crippen LogP contribution in [-0.4, -0.2) is 20.2 Å². The Hall–Kier alpha value is -0.673. The maximum atomic E-state index is 13.5. The van der Waals surface area contributed by atoms with Gasteiger partial charge in [-0.25, -0.2) is 0 Å². The summed E-state index contributed by atoms with van der Waals surface area (Å²) in [6.45, 7) is 23.7. The highest BCUT2D eigenvalue weighted by Crippen LogP contribution is 2.66. The van der Waals surface area contributed by atoms with Gasteiger partial charge >= 0.3 is 0 Å². The summed E-state index contributed by atoms with van der Waals surface area (Å²) < 4.78 is 6.91. The molecule has 0 heterocycles. The van der Waals surface area contributed by atoms with Crippen molar-refractivity contribution in [3.8, 4) is 0 Å². The Kier molecular flexibility index (Phi) is 7.73. The summed E-state index contributed by atoms with van der Waals surface area (Å²) >= 11 is 0. The molecule has 3 heteroatoms. The molecule has 4 aliphatic carbocycles. The average molecular weight is 513 g/mol. The van der Waals surface area contributed by atoms with E-state index < -0.39 is 8.32 Å². The topological polar surface area (TPSA) is 26.3 Å². The molecular weight excluding hydrogens is 456 g/mol. The summed E-state index contributed by atoms with van der Waals surface area (Å²) in [7, 11) is -1.75. The lowest BCUT2D eigenvalue weighted by Gasteiger charge is -2.58. The van der Waals surface area contributed by atoms with Gasteiger partial charge in [-0.15, -0.1) is 0 Å². The highest BCUT2D eigenvalue weighted by atomic mass is 28.4. The fourth-order valence-corrected chi connectivity index (χ4v) is 10.3. The molecule has 0 amide bonds. The van der Waals surface area contributed by atoms with Gasteiger partial charge in [0.2, 0.25) is 0 Å². The van der Waals surface area contributed by atoms with Gasteiger partial charge in [0, 0.05) is 18.4 Å². The minimum absolute atomic E-state index is 0.201. The maximum Gasteiger partial charge on any atom is 0.192 e. The Labute approximate surface area is 224 Å². The van der Waals surface area contributed by atoms with Gasteiger partial charge in [0.25, 0.3) is 0 Å². The summed E-state index contributed by atoms with van der Waals surface area (Å²) in [5.74, 6) is 3.36. The van der Waals surface area contributed by atoms with Crippen molar-refractivity contribution in [3.05, 3.63) is 23.3 Å². The maximum absolute atomic E-state index is 13.5. The fourth-order valence-electron chi connectivity index (χ4n) is 8.92. The molecule has 0 aromatic rings. The van der Waals surface area contributed by atoms with E-state index in [1.54, 1.807) is 5.57 Å². The first-order chi connectivity index (χ1) is 16.6. The van der Waals surface area contributed by atoms with E-state index in [4.69, 9.17) is 4.43 Å². The summed E-state index contributed by atoms with van der Waals surface area (Å²) in [5.41, 5.74) is 3.60. The van der Waals surface area contributed by atoms with Crippen LogP contribution in [0.1, 0.15) is 113 Å². The second-order valence-corrected chi connectivity index (χ2v) is 20.3. The lowest BCUT2D eigenvalue weighted by molar-refractivity contribution is -0.124. The zero-order valence-corrected chi connectivity index (χ0v) is 26.3. The molecule has 204 valence electrons. The van der Waals surface area contributed by atoms with E-state index in [1.165, 1.54) is 37.7 Å². The summed E-state index contributed by atoms with van der Waals surface area (Å²) in [4.78, 5) is 13.5. The summed E-state index contributed by atoms with van der Waals surface area (Å²) in [6.07, 6.45) is 15.8. The molecule has 0 aromatic heterocycles. The molecule has 8 atom stereocenters. The van der Waals surface area contributed by atoms with Gasteiger partial charge in [0.1, 0.15) is 5.78 Å². The highest BCUT2D eigenvalue weighted by molar-refractivity contribution is 6.74. The molecule has 3 fully saturated rings. The molecule has 0 aliphatic heterocycles. The van der Waals surface area contributed by atoms with Gasteiger partial charge in [-0.1, -0.05) is 64.8 Å². The van der Waals surface area contributed by atoms with Crippen LogP contribution in [0.4, 0.5) is 0 Å². The Morgan fingerprint density at radius 3 is 2.47 bits per heavy atom. The number of fused-ring (bicyclic) bond motifs is 5. The van der Waals surface area contributed by atoms with E-state index in [-0.39, 0.29) is 16.4 Å². The minimum Gasteiger partial charge on any atom is -0.414 e. The van der Waals surface area contributed by atoms with Crippen LogP contribution in [0.2, 0.25) is 18.1 Å². The molecule has 0 N–H and O–H groups in total. The molecule has 4 rings (SSSR count). The highest BCUT2D eigenvalue weighted by Gasteiger charge is 2.61. The van der Waals surface area contributed by atoms with Crippen molar-refractivity contribution in [3.63, 3.8) is 0 Å². The van der Waals surface area contributed by atoms with Gasteiger partial charge in [0.05, 0.1) is 0 Å². The third-order valence-electron chi connectivity index (χ3n) is 12.0. The molecule has 0 radical (unpaired) electrons. The second-order valence-electron chi connectivity index (χ2n) is 15.5. The van der Waals surface area contributed by atoms with E-state index in [0.717, 1.165) is 31.6 Å². The lowest BCUT2D eigenvalue weighted by atomic mass is 9.47. The Morgan fingerprint density at radius 2 is 1.83 bits per heavy atom. The van der Waals surface area contributed by atoms with Crippen molar-refractivity contribution >= 4 is 14.1 Å². The van der Waals surface area contributed by atoms with Gasteiger partial charge in [-0.3, -0.25) is 4.79 Å². The smallest absolute Gasteiger partial charge is 0.192 e. The van der Waals surface area contributed by atoms with Crippen molar-refractivity contribution in [1.82, 2.24) is 0 Å². The van der Waals surface area contributed by atoms with Crippen molar-refractivity contribution in [1.29, 1.82) is 0 Å². The first-order valence-electron chi connectivity index (χ1n) is 15.1.